The molecule has 4 aromatic rings. The summed E-state index contributed by atoms with van der Waals surface area (Å²) in [5.74, 6) is -0.723. The van der Waals surface area contributed by atoms with Crippen LogP contribution in [0.1, 0.15) is 47.4 Å². The van der Waals surface area contributed by atoms with Crippen LogP contribution in [-0.4, -0.2) is 55.0 Å². The summed E-state index contributed by atoms with van der Waals surface area (Å²) < 4.78 is 5.80. The molecular formula is C40H36Cl5N3O4. The van der Waals surface area contributed by atoms with E-state index < -0.39 is 12.1 Å². The fraction of sp³-hybridized carbons (Fsp3) is 0.225. The molecule has 7 nitrogen and oxygen atoms in total. The van der Waals surface area contributed by atoms with Crippen molar-refractivity contribution in [2.45, 2.75) is 31.2 Å². The van der Waals surface area contributed by atoms with Crippen LogP contribution >= 0.6 is 58.8 Å². The number of halogens is 5. The van der Waals surface area contributed by atoms with Gasteiger partial charge in [-0.05, 0) is 95.6 Å². The second-order valence-corrected chi connectivity index (χ2v) is 14.1. The van der Waals surface area contributed by atoms with Crippen LogP contribution in [-0.2, 0) is 14.3 Å². The van der Waals surface area contributed by atoms with Crippen molar-refractivity contribution in [1.82, 2.24) is 10.2 Å². The highest BCUT2D eigenvalue weighted by atomic mass is 35.5. The molecule has 0 aromatic heterocycles. The summed E-state index contributed by atoms with van der Waals surface area (Å²) in [6.07, 6.45) is 4.28. The molecule has 1 heterocycles. The van der Waals surface area contributed by atoms with Crippen molar-refractivity contribution in [3.05, 3.63) is 138 Å². The van der Waals surface area contributed by atoms with Crippen LogP contribution in [0.2, 0.25) is 20.1 Å². The van der Waals surface area contributed by atoms with E-state index in [4.69, 9.17) is 56.9 Å². The highest BCUT2D eigenvalue weighted by Gasteiger charge is 2.34. The molecule has 1 aliphatic heterocycles. The zero-order valence-electron chi connectivity index (χ0n) is 27.9. The van der Waals surface area contributed by atoms with E-state index >= 15 is 0 Å². The van der Waals surface area contributed by atoms with E-state index in [1.54, 1.807) is 53.5 Å². The molecule has 1 fully saturated rings. The number of ketones is 1. The summed E-state index contributed by atoms with van der Waals surface area (Å²) in [7, 11) is 0. The molecule has 1 aliphatic carbocycles. The highest BCUT2D eigenvalue weighted by molar-refractivity contribution is 6.42. The van der Waals surface area contributed by atoms with Crippen LogP contribution in [0.4, 0.5) is 4.79 Å². The van der Waals surface area contributed by atoms with Gasteiger partial charge in [-0.1, -0.05) is 107 Å². The third kappa shape index (κ3) is 9.03. The van der Waals surface area contributed by atoms with Crippen LogP contribution < -0.4 is 11.1 Å². The Kier molecular flexibility index (Phi) is 13.5. The smallest absolute Gasteiger partial charge is 0.407 e. The van der Waals surface area contributed by atoms with Gasteiger partial charge < -0.3 is 20.7 Å². The Balaban J connectivity index is 0.00000523. The summed E-state index contributed by atoms with van der Waals surface area (Å²) in [6.45, 7) is 0.568. The Labute approximate surface area is 329 Å². The van der Waals surface area contributed by atoms with E-state index in [0.717, 1.165) is 22.3 Å². The van der Waals surface area contributed by atoms with Crippen molar-refractivity contribution in [3.8, 4) is 11.1 Å². The first-order valence-corrected chi connectivity index (χ1v) is 18.1. The number of nitrogens with one attached hydrogen (secondary N) is 1. The minimum Gasteiger partial charge on any atom is -0.449 e. The molecule has 0 unspecified atom stereocenters. The van der Waals surface area contributed by atoms with Crippen LogP contribution in [0.3, 0.4) is 0 Å². The molecule has 1 atom stereocenters. The van der Waals surface area contributed by atoms with Gasteiger partial charge >= 0.3 is 6.09 Å². The molecule has 3 N–H and O–H groups in total. The summed E-state index contributed by atoms with van der Waals surface area (Å²) in [5.41, 5.74) is 12.2. The molecule has 12 heteroatoms. The largest absolute Gasteiger partial charge is 0.449 e. The number of benzene rings is 4. The van der Waals surface area contributed by atoms with Gasteiger partial charge in [0, 0.05) is 30.2 Å². The maximum atomic E-state index is 14.3. The van der Waals surface area contributed by atoms with Crippen LogP contribution in [0, 0.1) is 0 Å². The number of amides is 2. The molecule has 2 aliphatic rings. The maximum Gasteiger partial charge on any atom is 0.407 e. The van der Waals surface area contributed by atoms with Gasteiger partial charge in [-0.3, -0.25) is 9.59 Å². The van der Waals surface area contributed by atoms with E-state index in [-0.39, 0.29) is 49.7 Å². The number of fused-ring (bicyclic) bond motifs is 3. The van der Waals surface area contributed by atoms with Crippen molar-refractivity contribution in [2.75, 3.05) is 26.2 Å². The SMILES string of the molecule is Cl.NCCCC[C@H](NC(=O)OCC1c2ccccc2-c2ccccc21)C(=O)N1C/C(=C\c2ccc(Cl)c(Cl)c2)C(=O)/C(=C/c2ccc(Cl)c(Cl)c2)C1. The van der Waals surface area contributed by atoms with Crippen LogP contribution in [0.15, 0.2) is 96.1 Å². The van der Waals surface area contributed by atoms with Crippen molar-refractivity contribution < 1.29 is 19.1 Å². The predicted octanol–water partition coefficient (Wildman–Crippen LogP) is 9.64. The van der Waals surface area contributed by atoms with Gasteiger partial charge in [-0.2, -0.15) is 0 Å². The van der Waals surface area contributed by atoms with Gasteiger partial charge in [0.05, 0.1) is 20.1 Å². The van der Waals surface area contributed by atoms with Gasteiger partial charge in [0.15, 0.2) is 5.78 Å². The first-order valence-electron chi connectivity index (χ1n) is 16.6. The number of hydrogen-bond acceptors (Lipinski definition) is 5. The summed E-state index contributed by atoms with van der Waals surface area (Å²) >= 11 is 24.8. The number of likely N-dealkylation sites (tertiary alicyclic amines) is 1. The summed E-state index contributed by atoms with van der Waals surface area (Å²) in [6, 6.07) is 25.3. The second kappa shape index (κ2) is 17.8. The average Bonchev–Trinajstić information content (AvgIpc) is 3.45. The lowest BCUT2D eigenvalue weighted by atomic mass is 9.93. The fourth-order valence-electron chi connectivity index (χ4n) is 6.55. The molecule has 4 aromatic carbocycles. The zero-order chi connectivity index (χ0) is 36.1. The number of alkyl carbamates (subject to hydrolysis) is 1. The number of ether oxygens (including phenoxy) is 1. The van der Waals surface area contributed by atoms with Gasteiger partial charge in [-0.25, -0.2) is 4.79 Å². The van der Waals surface area contributed by atoms with Gasteiger partial charge in [-0.15, -0.1) is 12.4 Å². The molecular weight excluding hydrogens is 764 g/mol. The second-order valence-electron chi connectivity index (χ2n) is 12.5. The molecule has 270 valence electrons. The maximum absolute atomic E-state index is 14.3. The minimum atomic E-state index is -0.919. The number of unbranched alkanes of at least 4 members (excludes halogenated alkanes) is 1. The van der Waals surface area contributed by atoms with Crippen molar-refractivity contribution in [1.29, 1.82) is 0 Å². The minimum absolute atomic E-state index is 0. The summed E-state index contributed by atoms with van der Waals surface area (Å²) in [5, 5.41) is 4.26. The fourth-order valence-corrected chi connectivity index (χ4v) is 7.17. The van der Waals surface area contributed by atoms with Crippen LogP contribution in [0.25, 0.3) is 23.3 Å². The van der Waals surface area contributed by atoms with Gasteiger partial charge in [0.2, 0.25) is 5.91 Å². The first kappa shape index (κ1) is 39.4. The number of carbonyl (C=O) groups is 3. The molecule has 0 spiro atoms. The molecule has 1 saturated heterocycles. The first-order chi connectivity index (χ1) is 24.6. The van der Waals surface area contributed by atoms with Gasteiger partial charge in [0.1, 0.15) is 12.6 Å². The third-order valence-electron chi connectivity index (χ3n) is 9.07. The number of nitrogens with two attached hydrogens (primary N) is 1. The monoisotopic (exact) mass is 797 g/mol. The molecule has 52 heavy (non-hydrogen) atoms. The summed E-state index contributed by atoms with van der Waals surface area (Å²) in [4.78, 5) is 43.1. The molecule has 0 bridgehead atoms. The number of carbonyl (C=O) groups excluding carboxylic acids is 3. The van der Waals surface area contributed by atoms with Gasteiger partial charge in [0.25, 0.3) is 0 Å². The van der Waals surface area contributed by atoms with E-state index in [1.807, 2.05) is 36.4 Å². The van der Waals surface area contributed by atoms with Crippen LogP contribution in [0.5, 0.6) is 0 Å². The lowest BCUT2D eigenvalue weighted by Crippen LogP contribution is -2.52. The lowest BCUT2D eigenvalue weighted by Gasteiger charge is -2.33. The molecule has 6 rings (SSSR count). The van der Waals surface area contributed by atoms with E-state index in [9.17, 15) is 14.4 Å². The average molecular weight is 800 g/mol. The third-order valence-corrected chi connectivity index (χ3v) is 10.5. The number of rotatable bonds is 10. The Morgan fingerprint density at radius 1 is 0.788 bits per heavy atom. The Morgan fingerprint density at radius 2 is 1.31 bits per heavy atom. The Morgan fingerprint density at radius 3 is 1.81 bits per heavy atom. The Bertz CT molecular complexity index is 1930. The van der Waals surface area contributed by atoms with Crippen molar-refractivity contribution >= 4 is 88.7 Å². The number of piperidine rings is 1. The van der Waals surface area contributed by atoms with Crippen molar-refractivity contribution in [2.24, 2.45) is 5.73 Å². The number of nitrogens with zero attached hydrogens (tertiary/aromatic N) is 1. The quantitative estimate of drug-likeness (QED) is 0.123. The topological polar surface area (TPSA) is 102 Å². The molecule has 0 radical (unpaired) electrons. The number of hydrogen-bond donors (Lipinski definition) is 2. The normalized spacial score (nSPS) is 15.9. The van der Waals surface area contributed by atoms with Crippen molar-refractivity contribution in [3.63, 3.8) is 0 Å². The highest BCUT2D eigenvalue weighted by Crippen LogP contribution is 2.44. The predicted molar refractivity (Wildman–Crippen MR) is 213 cm³/mol. The molecule has 0 saturated carbocycles. The standard InChI is InChI=1S/C40H35Cl4N3O4.ClH/c41-33-14-12-24(19-35(33)43)17-26-21-47(22-27(38(26)48)18-25-13-15-34(42)36(44)20-25)39(49)37(11-5-6-16-45)46-40(50)51-23-32-30-9-3-1-7-28(30)29-8-2-4-10-31(29)32;/h1-4,7-10,12-15,17-20,32,37H,5-6,11,16,21-23,45H2,(H,46,50);1H/b26-17+,27-18+;/t37-;/m0./s1. The van der Waals surface area contributed by atoms with E-state index in [2.05, 4.69) is 17.4 Å². The lowest BCUT2D eigenvalue weighted by molar-refractivity contribution is -0.133. The van der Waals surface area contributed by atoms with E-state index in [1.165, 1.54) is 0 Å². The zero-order valence-corrected chi connectivity index (χ0v) is 31.8. The number of Topliss-reactive ketones (excluding diaryl/α,β-unsaturated/α-hetero) is 1. The van der Waals surface area contributed by atoms with E-state index in [0.29, 0.717) is 68.2 Å². The Hall–Kier alpha value is -3.82. The molecule has 2 amide bonds.